The quantitative estimate of drug-likeness (QED) is 0.376. The summed E-state index contributed by atoms with van der Waals surface area (Å²) in [6.45, 7) is 6.07. The molecule has 4 nitrogen and oxygen atoms in total. The normalized spacial score (nSPS) is 11.4. The highest BCUT2D eigenvalue weighted by molar-refractivity contribution is 7.23. The number of alkyl halides is 1. The highest BCUT2D eigenvalue weighted by Crippen LogP contribution is 2.32. The maximum atomic E-state index is 12.3. The first-order valence-electron chi connectivity index (χ1n) is 9.69. The molecular weight excluding hydrogens is 373 g/mol. The van der Waals surface area contributed by atoms with E-state index in [1.807, 2.05) is 18.2 Å². The summed E-state index contributed by atoms with van der Waals surface area (Å²) in [6.07, 6.45) is 3.22. The topological polar surface area (TPSA) is 29.8 Å². The molecule has 0 aliphatic rings. The third-order valence-corrected chi connectivity index (χ3v) is 5.83. The van der Waals surface area contributed by atoms with Gasteiger partial charge in [0, 0.05) is 30.5 Å². The van der Waals surface area contributed by atoms with E-state index in [1.54, 1.807) is 11.3 Å². The Bertz CT molecular complexity index is 1070. The summed E-state index contributed by atoms with van der Waals surface area (Å²) in [4.78, 5) is 8.13. The van der Waals surface area contributed by atoms with Crippen molar-refractivity contribution >= 4 is 32.2 Å². The van der Waals surface area contributed by atoms with Crippen LogP contribution < -0.4 is 9.64 Å². The molecule has 4 aromatic rings. The fourth-order valence-corrected chi connectivity index (χ4v) is 4.49. The molecule has 0 atom stereocenters. The Kier molecular flexibility index (Phi) is 5.48. The van der Waals surface area contributed by atoms with Gasteiger partial charge in [-0.25, -0.2) is 9.37 Å². The van der Waals surface area contributed by atoms with Gasteiger partial charge < -0.3 is 9.64 Å². The number of hydrogen-bond acceptors (Lipinski definition) is 4. The number of anilines is 1. The van der Waals surface area contributed by atoms with Gasteiger partial charge in [0.15, 0.2) is 4.96 Å². The number of rotatable bonds is 8. The molecule has 0 saturated heterocycles. The molecule has 28 heavy (non-hydrogen) atoms. The van der Waals surface area contributed by atoms with Crippen molar-refractivity contribution < 1.29 is 9.13 Å². The lowest BCUT2D eigenvalue weighted by Gasteiger charge is -2.22. The Balaban J connectivity index is 1.62. The third-order valence-electron chi connectivity index (χ3n) is 4.81. The zero-order chi connectivity index (χ0) is 19.5. The van der Waals surface area contributed by atoms with Gasteiger partial charge in [0.1, 0.15) is 19.0 Å². The Morgan fingerprint density at radius 3 is 2.68 bits per heavy atom. The minimum Gasteiger partial charge on any atom is -0.491 e. The van der Waals surface area contributed by atoms with Gasteiger partial charge in [-0.15, -0.1) is 0 Å². The molecule has 0 N–H and O–H groups in total. The molecule has 0 unspecified atom stereocenters. The molecule has 2 heterocycles. The number of hydrogen-bond donors (Lipinski definition) is 0. The first kappa shape index (κ1) is 18.7. The van der Waals surface area contributed by atoms with E-state index in [-0.39, 0.29) is 6.61 Å². The van der Waals surface area contributed by atoms with Crippen molar-refractivity contribution in [1.29, 1.82) is 0 Å². The van der Waals surface area contributed by atoms with Crippen LogP contribution in [0.15, 0.2) is 48.7 Å². The molecular formula is C22H24FN3OS. The fourth-order valence-electron chi connectivity index (χ4n) is 3.45. The van der Waals surface area contributed by atoms with Gasteiger partial charge in [0.2, 0.25) is 0 Å². The van der Waals surface area contributed by atoms with E-state index in [0.29, 0.717) is 5.75 Å². The summed E-state index contributed by atoms with van der Waals surface area (Å²) >= 11 is 1.61. The minimum absolute atomic E-state index is 0.0852. The van der Waals surface area contributed by atoms with Gasteiger partial charge in [-0.3, -0.25) is 4.40 Å². The number of ether oxygens (including phenoxy) is 1. The number of aromatic nitrogens is 2. The lowest BCUT2D eigenvalue weighted by Crippen LogP contribution is -2.23. The van der Waals surface area contributed by atoms with Crippen LogP contribution in [0.25, 0.3) is 26.4 Å². The Hall–Kier alpha value is -2.60. The van der Waals surface area contributed by atoms with Gasteiger partial charge in [-0.1, -0.05) is 30.4 Å². The zero-order valence-electron chi connectivity index (χ0n) is 16.2. The van der Waals surface area contributed by atoms with Crippen LogP contribution in [0.5, 0.6) is 5.75 Å². The van der Waals surface area contributed by atoms with Gasteiger partial charge in [-0.2, -0.15) is 0 Å². The molecule has 0 aliphatic carbocycles. The summed E-state index contributed by atoms with van der Waals surface area (Å²) in [5.41, 5.74) is 4.42. The predicted octanol–water partition coefficient (Wildman–Crippen LogP) is 5.80. The van der Waals surface area contributed by atoms with E-state index in [9.17, 15) is 4.39 Å². The number of halogens is 1. The van der Waals surface area contributed by atoms with Gasteiger partial charge in [0.05, 0.1) is 15.9 Å². The molecule has 0 amide bonds. The summed E-state index contributed by atoms with van der Waals surface area (Å²) in [5, 5.41) is 0. The van der Waals surface area contributed by atoms with Crippen molar-refractivity contribution in [2.24, 2.45) is 0 Å². The van der Waals surface area contributed by atoms with E-state index in [1.165, 1.54) is 5.69 Å². The van der Waals surface area contributed by atoms with E-state index >= 15 is 0 Å². The molecule has 0 fully saturated rings. The molecule has 0 spiro atoms. The first-order chi connectivity index (χ1) is 13.7. The largest absolute Gasteiger partial charge is 0.491 e. The van der Waals surface area contributed by atoms with Crippen LogP contribution in [0.3, 0.4) is 0 Å². The molecule has 2 aromatic carbocycles. The molecule has 0 radical (unpaired) electrons. The lowest BCUT2D eigenvalue weighted by molar-refractivity contribution is 0.273. The van der Waals surface area contributed by atoms with Gasteiger partial charge >= 0.3 is 0 Å². The first-order valence-corrected chi connectivity index (χ1v) is 10.5. The van der Waals surface area contributed by atoms with Crippen LogP contribution in [0, 0.1) is 0 Å². The number of imidazole rings is 1. The van der Waals surface area contributed by atoms with Crippen molar-refractivity contribution in [3.63, 3.8) is 0 Å². The number of nitrogens with zero attached hydrogens (tertiary/aromatic N) is 3. The van der Waals surface area contributed by atoms with Crippen molar-refractivity contribution in [2.75, 3.05) is 31.3 Å². The van der Waals surface area contributed by atoms with Crippen LogP contribution >= 0.6 is 11.3 Å². The second kappa shape index (κ2) is 8.19. The van der Waals surface area contributed by atoms with Crippen molar-refractivity contribution in [3.8, 4) is 17.0 Å². The second-order valence-electron chi connectivity index (χ2n) is 6.67. The second-order valence-corrected chi connectivity index (χ2v) is 7.68. The van der Waals surface area contributed by atoms with Gasteiger partial charge in [-0.05, 0) is 43.7 Å². The number of benzene rings is 2. The standard InChI is InChI=1S/C22H24FN3OS/c1-3-12-25(4-2)17-7-5-16(6-8-17)19-15-26-20-10-9-18(27-13-11-23)14-21(20)28-22(26)24-19/h5-10,14-15H,3-4,11-13H2,1-2H3. The molecule has 4 rings (SSSR count). The molecule has 0 aliphatic heterocycles. The summed E-state index contributed by atoms with van der Waals surface area (Å²) < 4.78 is 20.9. The van der Waals surface area contributed by atoms with E-state index in [2.05, 4.69) is 53.6 Å². The lowest BCUT2D eigenvalue weighted by atomic mass is 10.1. The monoisotopic (exact) mass is 397 g/mol. The maximum absolute atomic E-state index is 12.3. The molecule has 146 valence electrons. The summed E-state index contributed by atoms with van der Waals surface area (Å²) in [6, 6.07) is 14.5. The van der Waals surface area contributed by atoms with Crippen LogP contribution in [0.4, 0.5) is 10.1 Å². The maximum Gasteiger partial charge on any atom is 0.195 e. The summed E-state index contributed by atoms with van der Waals surface area (Å²) in [5.74, 6) is 0.693. The fraction of sp³-hybridized carbons (Fsp3) is 0.318. The summed E-state index contributed by atoms with van der Waals surface area (Å²) in [7, 11) is 0. The SMILES string of the molecule is CCCN(CC)c1ccc(-c2cn3c(n2)sc2cc(OCCF)ccc23)cc1. The van der Waals surface area contributed by atoms with Crippen LogP contribution in [-0.4, -0.2) is 35.8 Å². The van der Waals surface area contributed by atoms with E-state index in [4.69, 9.17) is 9.72 Å². The molecule has 2 aromatic heterocycles. The molecule has 0 saturated carbocycles. The third kappa shape index (κ3) is 3.56. The zero-order valence-corrected chi connectivity index (χ0v) is 17.0. The van der Waals surface area contributed by atoms with Gasteiger partial charge in [0.25, 0.3) is 0 Å². The predicted molar refractivity (Wildman–Crippen MR) is 116 cm³/mol. The number of thiazole rings is 1. The average molecular weight is 398 g/mol. The highest BCUT2D eigenvalue weighted by Gasteiger charge is 2.12. The Labute approximate surface area is 168 Å². The Morgan fingerprint density at radius 2 is 1.96 bits per heavy atom. The van der Waals surface area contributed by atoms with Crippen molar-refractivity contribution in [2.45, 2.75) is 20.3 Å². The molecule has 0 bridgehead atoms. The van der Waals surface area contributed by atoms with Crippen LogP contribution in [-0.2, 0) is 0 Å². The number of fused-ring (bicyclic) bond motifs is 3. The van der Waals surface area contributed by atoms with E-state index < -0.39 is 6.67 Å². The Morgan fingerprint density at radius 1 is 1.14 bits per heavy atom. The van der Waals surface area contributed by atoms with Crippen molar-refractivity contribution in [1.82, 2.24) is 9.38 Å². The average Bonchev–Trinajstić information content (AvgIpc) is 3.28. The van der Waals surface area contributed by atoms with Crippen LogP contribution in [0.2, 0.25) is 0 Å². The van der Waals surface area contributed by atoms with Crippen molar-refractivity contribution in [3.05, 3.63) is 48.7 Å². The van der Waals surface area contributed by atoms with Crippen LogP contribution in [0.1, 0.15) is 20.3 Å². The molecule has 6 heteroatoms. The van der Waals surface area contributed by atoms with E-state index in [0.717, 1.165) is 45.9 Å². The minimum atomic E-state index is -0.484. The smallest absolute Gasteiger partial charge is 0.195 e. The highest BCUT2D eigenvalue weighted by atomic mass is 32.1.